The van der Waals surface area contributed by atoms with Gasteiger partial charge in [0.25, 0.3) is 0 Å². The molecule has 1 aromatic rings. The average molecular weight is 316 g/mol. The van der Waals surface area contributed by atoms with Crippen molar-refractivity contribution in [2.24, 2.45) is 11.3 Å². The lowest BCUT2D eigenvalue weighted by atomic mass is 9.87. The third kappa shape index (κ3) is 3.49. The summed E-state index contributed by atoms with van der Waals surface area (Å²) in [7, 11) is 0. The van der Waals surface area contributed by atoms with Gasteiger partial charge in [0.05, 0.1) is 5.92 Å². The van der Waals surface area contributed by atoms with Crippen molar-refractivity contribution in [3.8, 4) is 0 Å². The Kier molecular flexibility index (Phi) is 4.28. The van der Waals surface area contributed by atoms with E-state index < -0.39 is 5.97 Å². The van der Waals surface area contributed by atoms with Crippen LogP contribution < -0.4 is 5.32 Å². The van der Waals surface area contributed by atoms with E-state index in [1.165, 1.54) is 11.1 Å². The largest absolute Gasteiger partial charge is 0.481 e. The number of carbonyl (C=O) groups is 2. The van der Waals surface area contributed by atoms with Crippen molar-refractivity contribution in [1.29, 1.82) is 0 Å². The predicted octanol–water partition coefficient (Wildman–Crippen LogP) is 2.30. The smallest absolute Gasteiger partial charge is 0.317 e. The van der Waals surface area contributed by atoms with Crippen molar-refractivity contribution < 1.29 is 14.7 Å². The van der Waals surface area contributed by atoms with Crippen LogP contribution in [0.3, 0.4) is 0 Å². The molecule has 1 saturated heterocycles. The number of piperidine rings is 1. The van der Waals surface area contributed by atoms with Crippen LogP contribution in [-0.4, -0.2) is 41.6 Å². The van der Waals surface area contributed by atoms with Crippen LogP contribution in [0.15, 0.2) is 24.3 Å². The summed E-state index contributed by atoms with van der Waals surface area (Å²) in [6.45, 7) is 3.92. The van der Waals surface area contributed by atoms with Crippen molar-refractivity contribution >= 4 is 12.0 Å². The molecule has 23 heavy (non-hydrogen) atoms. The first-order chi connectivity index (χ1) is 11.0. The molecule has 0 saturated carbocycles. The number of nitrogens with one attached hydrogen (secondary N) is 1. The number of benzene rings is 1. The molecule has 0 unspecified atom stereocenters. The lowest BCUT2D eigenvalue weighted by molar-refractivity contribution is -0.143. The van der Waals surface area contributed by atoms with Crippen molar-refractivity contribution in [3.05, 3.63) is 35.4 Å². The van der Waals surface area contributed by atoms with Crippen LogP contribution >= 0.6 is 0 Å². The molecule has 1 aliphatic carbocycles. The number of likely N-dealkylation sites (tertiary alicyclic amines) is 1. The van der Waals surface area contributed by atoms with Crippen molar-refractivity contribution in [3.63, 3.8) is 0 Å². The summed E-state index contributed by atoms with van der Waals surface area (Å²) in [6.07, 6.45) is 3.08. The van der Waals surface area contributed by atoms with Crippen LogP contribution in [0.1, 0.15) is 30.9 Å². The lowest BCUT2D eigenvalue weighted by Crippen LogP contribution is -2.48. The first kappa shape index (κ1) is 15.8. The standard InChI is InChI=1S/C18H24N2O3/c1-18(10-14-4-2-3-5-15(14)11-18)12-19-17(23)20-8-6-13(7-9-20)16(21)22/h2-5,13H,6-12H2,1H3,(H,19,23)(H,21,22). The van der Waals surface area contributed by atoms with Gasteiger partial charge >= 0.3 is 12.0 Å². The van der Waals surface area contributed by atoms with Crippen LogP contribution in [0.25, 0.3) is 0 Å². The number of rotatable bonds is 3. The minimum atomic E-state index is -0.749. The predicted molar refractivity (Wildman–Crippen MR) is 87.3 cm³/mol. The van der Waals surface area contributed by atoms with Crippen LogP contribution in [-0.2, 0) is 17.6 Å². The topological polar surface area (TPSA) is 69.6 Å². The molecule has 1 aliphatic heterocycles. The Morgan fingerprint density at radius 2 is 1.78 bits per heavy atom. The van der Waals surface area contributed by atoms with Gasteiger partial charge in [0.2, 0.25) is 0 Å². The SMILES string of the molecule is CC1(CNC(=O)N2CCC(C(=O)O)CC2)Cc2ccccc2C1. The summed E-state index contributed by atoms with van der Waals surface area (Å²) in [5.41, 5.74) is 2.83. The van der Waals surface area contributed by atoms with Crippen LogP contribution in [0, 0.1) is 11.3 Å². The van der Waals surface area contributed by atoms with Gasteiger partial charge in [-0.25, -0.2) is 4.79 Å². The number of hydrogen-bond acceptors (Lipinski definition) is 2. The third-order valence-corrected chi connectivity index (χ3v) is 5.15. The molecule has 1 fully saturated rings. The molecule has 2 N–H and O–H groups in total. The van der Waals surface area contributed by atoms with Gasteiger partial charge in [0, 0.05) is 19.6 Å². The third-order valence-electron chi connectivity index (χ3n) is 5.15. The summed E-state index contributed by atoms with van der Waals surface area (Å²) in [5, 5.41) is 12.1. The molecule has 124 valence electrons. The number of urea groups is 1. The number of nitrogens with zero attached hydrogens (tertiary/aromatic N) is 1. The zero-order valence-corrected chi connectivity index (χ0v) is 13.5. The second-order valence-electron chi connectivity index (χ2n) is 7.19. The Morgan fingerprint density at radius 3 is 2.30 bits per heavy atom. The van der Waals surface area contributed by atoms with E-state index in [0.29, 0.717) is 32.5 Å². The van der Waals surface area contributed by atoms with E-state index >= 15 is 0 Å². The fourth-order valence-corrected chi connectivity index (χ4v) is 3.74. The Hall–Kier alpha value is -2.04. The van der Waals surface area contributed by atoms with Gasteiger partial charge in [0.15, 0.2) is 0 Å². The van der Waals surface area contributed by atoms with Crippen LogP contribution in [0.5, 0.6) is 0 Å². The molecule has 0 aromatic heterocycles. The fraction of sp³-hybridized carbons (Fsp3) is 0.556. The highest BCUT2D eigenvalue weighted by molar-refractivity contribution is 5.75. The van der Waals surface area contributed by atoms with Gasteiger partial charge in [-0.1, -0.05) is 31.2 Å². The molecule has 1 aromatic carbocycles. The van der Waals surface area contributed by atoms with E-state index in [4.69, 9.17) is 5.11 Å². The van der Waals surface area contributed by atoms with Crippen LogP contribution in [0.4, 0.5) is 4.79 Å². The number of carboxylic acid groups (broad SMARTS) is 1. The molecular formula is C18H24N2O3. The summed E-state index contributed by atoms with van der Waals surface area (Å²) >= 11 is 0. The van der Waals surface area contributed by atoms with Gasteiger partial charge in [-0.05, 0) is 42.2 Å². The molecule has 5 heteroatoms. The number of amides is 2. The Labute approximate surface area is 136 Å². The van der Waals surface area contributed by atoms with Gasteiger partial charge in [-0.3, -0.25) is 4.79 Å². The minimum absolute atomic E-state index is 0.0639. The molecule has 0 atom stereocenters. The molecule has 0 spiro atoms. The van der Waals surface area contributed by atoms with E-state index in [0.717, 1.165) is 12.8 Å². The lowest BCUT2D eigenvalue weighted by Gasteiger charge is -2.32. The molecule has 2 amide bonds. The molecule has 0 radical (unpaired) electrons. The normalized spacial score (nSPS) is 20.1. The van der Waals surface area contributed by atoms with E-state index in [-0.39, 0.29) is 17.4 Å². The molecule has 3 rings (SSSR count). The van der Waals surface area contributed by atoms with Crippen molar-refractivity contribution in [2.75, 3.05) is 19.6 Å². The number of hydrogen-bond donors (Lipinski definition) is 2. The molecular weight excluding hydrogens is 292 g/mol. The summed E-state index contributed by atoms with van der Waals surface area (Å²) in [4.78, 5) is 25.0. The molecule has 5 nitrogen and oxygen atoms in total. The van der Waals surface area contributed by atoms with E-state index in [9.17, 15) is 9.59 Å². The minimum Gasteiger partial charge on any atom is -0.481 e. The zero-order valence-electron chi connectivity index (χ0n) is 13.5. The molecule has 2 aliphatic rings. The monoisotopic (exact) mass is 316 g/mol. The maximum Gasteiger partial charge on any atom is 0.317 e. The molecule has 0 bridgehead atoms. The van der Waals surface area contributed by atoms with E-state index in [1.54, 1.807) is 4.90 Å². The van der Waals surface area contributed by atoms with E-state index in [1.807, 2.05) is 0 Å². The van der Waals surface area contributed by atoms with Gasteiger partial charge in [-0.2, -0.15) is 0 Å². The Morgan fingerprint density at radius 1 is 1.22 bits per heavy atom. The fourth-order valence-electron chi connectivity index (χ4n) is 3.74. The second kappa shape index (κ2) is 6.22. The summed E-state index contributed by atoms with van der Waals surface area (Å²) in [6, 6.07) is 8.40. The maximum atomic E-state index is 12.3. The summed E-state index contributed by atoms with van der Waals surface area (Å²) in [5.74, 6) is -1.05. The maximum absolute atomic E-state index is 12.3. The van der Waals surface area contributed by atoms with Gasteiger partial charge < -0.3 is 15.3 Å². The highest BCUT2D eigenvalue weighted by Gasteiger charge is 2.34. The van der Waals surface area contributed by atoms with Crippen molar-refractivity contribution in [2.45, 2.75) is 32.6 Å². The highest BCUT2D eigenvalue weighted by Crippen LogP contribution is 2.36. The molecule has 1 heterocycles. The number of fused-ring (bicyclic) bond motifs is 1. The number of aliphatic carboxylic acids is 1. The Bertz CT molecular complexity index is 581. The summed E-state index contributed by atoms with van der Waals surface area (Å²) < 4.78 is 0. The van der Waals surface area contributed by atoms with Gasteiger partial charge in [-0.15, -0.1) is 0 Å². The quantitative estimate of drug-likeness (QED) is 0.899. The second-order valence-corrected chi connectivity index (χ2v) is 7.19. The Balaban J connectivity index is 1.50. The number of carbonyl (C=O) groups excluding carboxylic acids is 1. The highest BCUT2D eigenvalue weighted by atomic mass is 16.4. The zero-order chi connectivity index (χ0) is 16.4. The van der Waals surface area contributed by atoms with Crippen molar-refractivity contribution in [1.82, 2.24) is 10.2 Å². The van der Waals surface area contributed by atoms with Crippen LogP contribution in [0.2, 0.25) is 0 Å². The first-order valence-electron chi connectivity index (χ1n) is 8.29. The van der Waals surface area contributed by atoms with Gasteiger partial charge in [0.1, 0.15) is 0 Å². The first-order valence-corrected chi connectivity index (χ1v) is 8.29. The average Bonchev–Trinajstić information content (AvgIpc) is 2.89. The van der Waals surface area contributed by atoms with E-state index in [2.05, 4.69) is 36.5 Å². The number of carboxylic acids is 1.